The van der Waals surface area contributed by atoms with Crippen LogP contribution in [0, 0.1) is 0 Å². The normalized spacial score (nSPS) is 10.5. The Morgan fingerprint density at radius 2 is 2.13 bits per heavy atom. The average Bonchev–Trinajstić information content (AvgIpc) is 2.22. The molecule has 0 fully saturated rings. The molecule has 0 bridgehead atoms. The maximum Gasteiger partial charge on any atom is 0.0558 e. The second-order valence-electron chi connectivity index (χ2n) is 3.45. The van der Waals surface area contributed by atoms with Gasteiger partial charge in [-0.15, -0.1) is 6.58 Å². The molecule has 1 rings (SSSR count). The fourth-order valence-electron chi connectivity index (χ4n) is 1.48. The zero-order valence-corrected chi connectivity index (χ0v) is 8.89. The minimum atomic E-state index is 0.153. The Morgan fingerprint density at radius 3 is 2.73 bits per heavy atom. The van der Waals surface area contributed by atoms with Crippen LogP contribution in [0.2, 0.25) is 0 Å². The van der Waals surface area contributed by atoms with Crippen LogP contribution in [0.25, 0.3) is 0 Å². The quantitative estimate of drug-likeness (QED) is 0.544. The number of aliphatic hydroxyl groups excluding tert-OH is 1. The first-order valence-corrected chi connectivity index (χ1v) is 5.05. The maximum atomic E-state index is 8.90. The van der Waals surface area contributed by atoms with Gasteiger partial charge in [-0.2, -0.15) is 0 Å². The zero-order valence-electron chi connectivity index (χ0n) is 8.89. The molecule has 0 aliphatic rings. The molecule has 0 aliphatic heterocycles. The monoisotopic (exact) mass is 206 g/mol. The predicted octanol–water partition coefficient (Wildman–Crippen LogP) is 1.25. The lowest BCUT2D eigenvalue weighted by molar-refractivity contribution is 0.203. The molecule has 0 spiro atoms. The molecule has 15 heavy (non-hydrogen) atoms. The van der Waals surface area contributed by atoms with Crippen LogP contribution >= 0.6 is 0 Å². The molecule has 3 nitrogen and oxygen atoms in total. The zero-order chi connectivity index (χ0) is 11.1. The summed E-state index contributed by atoms with van der Waals surface area (Å²) in [4.78, 5) is 2.10. The molecule has 0 saturated heterocycles. The van der Waals surface area contributed by atoms with E-state index >= 15 is 0 Å². The van der Waals surface area contributed by atoms with Crippen molar-refractivity contribution in [2.75, 3.05) is 25.4 Å². The third-order valence-electron chi connectivity index (χ3n) is 2.25. The minimum absolute atomic E-state index is 0.153. The number of para-hydroxylation sites is 1. The smallest absolute Gasteiger partial charge is 0.0558 e. The molecular formula is C12H18N2O. The van der Waals surface area contributed by atoms with Gasteiger partial charge in [-0.1, -0.05) is 24.3 Å². The van der Waals surface area contributed by atoms with Crippen LogP contribution < -0.4 is 5.73 Å². The van der Waals surface area contributed by atoms with Crippen LogP contribution in [0.4, 0.5) is 5.69 Å². The van der Waals surface area contributed by atoms with Gasteiger partial charge in [0.05, 0.1) is 6.61 Å². The molecule has 0 saturated carbocycles. The van der Waals surface area contributed by atoms with Crippen LogP contribution in [0.1, 0.15) is 5.56 Å². The topological polar surface area (TPSA) is 49.5 Å². The summed E-state index contributed by atoms with van der Waals surface area (Å²) in [5.74, 6) is 0. The van der Waals surface area contributed by atoms with Gasteiger partial charge in [0.2, 0.25) is 0 Å². The summed E-state index contributed by atoms with van der Waals surface area (Å²) in [6, 6.07) is 7.78. The Labute approximate surface area is 90.8 Å². The number of anilines is 1. The number of benzene rings is 1. The first kappa shape index (κ1) is 11.8. The summed E-state index contributed by atoms with van der Waals surface area (Å²) in [6.07, 6.45) is 1.83. The van der Waals surface area contributed by atoms with E-state index in [-0.39, 0.29) is 6.61 Å². The highest BCUT2D eigenvalue weighted by Gasteiger charge is 2.05. The largest absolute Gasteiger partial charge is 0.398 e. The standard InChI is InChI=1S/C12H18N2O/c1-2-7-14(8-9-15)10-11-5-3-4-6-12(11)13/h2-6,15H,1,7-10,13H2. The highest BCUT2D eigenvalue weighted by atomic mass is 16.3. The van der Waals surface area contributed by atoms with Gasteiger partial charge in [-0.05, 0) is 11.6 Å². The molecule has 0 amide bonds. The van der Waals surface area contributed by atoms with E-state index in [1.165, 1.54) is 0 Å². The predicted molar refractivity (Wildman–Crippen MR) is 63.4 cm³/mol. The molecule has 0 aromatic heterocycles. The number of nitrogens with zero attached hydrogens (tertiary/aromatic N) is 1. The minimum Gasteiger partial charge on any atom is -0.398 e. The van der Waals surface area contributed by atoms with E-state index in [4.69, 9.17) is 10.8 Å². The summed E-state index contributed by atoms with van der Waals surface area (Å²) in [6.45, 7) is 5.99. The van der Waals surface area contributed by atoms with E-state index in [0.717, 1.165) is 24.3 Å². The first-order chi connectivity index (χ1) is 7.27. The summed E-state index contributed by atoms with van der Waals surface area (Å²) >= 11 is 0. The van der Waals surface area contributed by atoms with Crippen LogP contribution in [-0.2, 0) is 6.54 Å². The fourth-order valence-corrected chi connectivity index (χ4v) is 1.48. The Bertz CT molecular complexity index is 312. The van der Waals surface area contributed by atoms with Crippen LogP contribution in [0.3, 0.4) is 0 Å². The van der Waals surface area contributed by atoms with Gasteiger partial charge in [0.1, 0.15) is 0 Å². The van der Waals surface area contributed by atoms with Gasteiger partial charge in [0, 0.05) is 25.3 Å². The Kier molecular flexibility index (Phi) is 4.87. The lowest BCUT2D eigenvalue weighted by atomic mass is 10.1. The van der Waals surface area contributed by atoms with Crippen molar-refractivity contribution < 1.29 is 5.11 Å². The molecule has 82 valence electrons. The van der Waals surface area contributed by atoms with E-state index < -0.39 is 0 Å². The van der Waals surface area contributed by atoms with Gasteiger partial charge in [-0.3, -0.25) is 4.90 Å². The second-order valence-corrected chi connectivity index (χ2v) is 3.45. The van der Waals surface area contributed by atoms with Crippen molar-refractivity contribution in [3.63, 3.8) is 0 Å². The molecule has 1 aromatic rings. The molecule has 0 heterocycles. The Balaban J connectivity index is 2.64. The lowest BCUT2D eigenvalue weighted by Crippen LogP contribution is -2.26. The van der Waals surface area contributed by atoms with E-state index in [1.54, 1.807) is 0 Å². The molecule has 3 heteroatoms. The van der Waals surface area contributed by atoms with E-state index in [9.17, 15) is 0 Å². The molecule has 1 aromatic carbocycles. The molecule has 0 atom stereocenters. The first-order valence-electron chi connectivity index (χ1n) is 5.05. The van der Waals surface area contributed by atoms with Crippen LogP contribution in [0.15, 0.2) is 36.9 Å². The van der Waals surface area contributed by atoms with Gasteiger partial charge >= 0.3 is 0 Å². The highest BCUT2D eigenvalue weighted by molar-refractivity contribution is 5.46. The molecule has 0 radical (unpaired) electrons. The second kappa shape index (κ2) is 6.22. The lowest BCUT2D eigenvalue weighted by Gasteiger charge is -2.20. The van der Waals surface area contributed by atoms with Crippen molar-refractivity contribution in [2.24, 2.45) is 0 Å². The van der Waals surface area contributed by atoms with Crippen molar-refractivity contribution in [1.82, 2.24) is 4.90 Å². The fraction of sp³-hybridized carbons (Fsp3) is 0.333. The van der Waals surface area contributed by atoms with Crippen molar-refractivity contribution in [3.8, 4) is 0 Å². The van der Waals surface area contributed by atoms with E-state index in [1.807, 2.05) is 30.3 Å². The van der Waals surface area contributed by atoms with Gasteiger partial charge in [0.15, 0.2) is 0 Å². The summed E-state index contributed by atoms with van der Waals surface area (Å²) < 4.78 is 0. The SMILES string of the molecule is C=CCN(CCO)Cc1ccccc1N. The number of nitrogens with two attached hydrogens (primary N) is 1. The Morgan fingerprint density at radius 1 is 1.40 bits per heavy atom. The Hall–Kier alpha value is -1.32. The summed E-state index contributed by atoms with van der Waals surface area (Å²) in [5.41, 5.74) is 7.73. The summed E-state index contributed by atoms with van der Waals surface area (Å²) in [7, 11) is 0. The molecule has 0 aliphatic carbocycles. The van der Waals surface area contributed by atoms with Gasteiger partial charge in [-0.25, -0.2) is 0 Å². The molecular weight excluding hydrogens is 188 g/mol. The van der Waals surface area contributed by atoms with Crippen molar-refractivity contribution >= 4 is 5.69 Å². The van der Waals surface area contributed by atoms with Crippen LogP contribution in [0.5, 0.6) is 0 Å². The van der Waals surface area contributed by atoms with Gasteiger partial charge < -0.3 is 10.8 Å². The third-order valence-corrected chi connectivity index (χ3v) is 2.25. The molecule has 3 N–H and O–H groups in total. The van der Waals surface area contributed by atoms with Gasteiger partial charge in [0.25, 0.3) is 0 Å². The van der Waals surface area contributed by atoms with E-state index in [0.29, 0.717) is 6.54 Å². The van der Waals surface area contributed by atoms with Crippen LogP contribution in [-0.4, -0.2) is 29.7 Å². The number of hydrogen-bond donors (Lipinski definition) is 2. The van der Waals surface area contributed by atoms with Crippen molar-refractivity contribution in [1.29, 1.82) is 0 Å². The number of nitrogen functional groups attached to an aromatic ring is 1. The van der Waals surface area contributed by atoms with Crippen molar-refractivity contribution in [3.05, 3.63) is 42.5 Å². The highest BCUT2D eigenvalue weighted by Crippen LogP contribution is 2.12. The van der Waals surface area contributed by atoms with Crippen molar-refractivity contribution in [2.45, 2.75) is 6.54 Å². The average molecular weight is 206 g/mol. The number of hydrogen-bond acceptors (Lipinski definition) is 3. The number of aliphatic hydroxyl groups is 1. The third kappa shape index (κ3) is 3.73. The van der Waals surface area contributed by atoms with E-state index in [2.05, 4.69) is 11.5 Å². The number of rotatable bonds is 6. The summed E-state index contributed by atoms with van der Waals surface area (Å²) in [5, 5.41) is 8.90. The maximum absolute atomic E-state index is 8.90. The molecule has 0 unspecified atom stereocenters.